The van der Waals surface area contributed by atoms with Crippen LogP contribution in [0.25, 0.3) is 0 Å². The first kappa shape index (κ1) is 11.7. The highest BCUT2D eigenvalue weighted by molar-refractivity contribution is 7.99. The van der Waals surface area contributed by atoms with E-state index in [1.165, 1.54) is 12.1 Å². The smallest absolute Gasteiger partial charge is 0.292 e. The molecule has 2 rings (SSSR count). The molecule has 0 radical (unpaired) electrons. The number of thioether (sulfide) groups is 1. The maximum Gasteiger partial charge on any atom is 0.292 e. The number of nitrogens with zero attached hydrogens (tertiary/aromatic N) is 2. The summed E-state index contributed by atoms with van der Waals surface area (Å²) in [7, 11) is 0. The predicted molar refractivity (Wildman–Crippen MR) is 67.2 cm³/mol. The van der Waals surface area contributed by atoms with Gasteiger partial charge in [0.05, 0.1) is 16.6 Å². The molecule has 1 aliphatic heterocycles. The van der Waals surface area contributed by atoms with Crippen LogP contribution in [0.4, 0.5) is 11.4 Å². The fourth-order valence-corrected chi connectivity index (χ4v) is 2.90. The van der Waals surface area contributed by atoms with Crippen LogP contribution < -0.4 is 5.32 Å². The molecule has 1 atom stereocenters. The van der Waals surface area contributed by atoms with E-state index in [4.69, 9.17) is 5.26 Å². The summed E-state index contributed by atoms with van der Waals surface area (Å²) in [4.78, 5) is 10.4. The van der Waals surface area contributed by atoms with Crippen LogP contribution >= 0.6 is 11.8 Å². The Morgan fingerprint density at radius 1 is 1.59 bits per heavy atom. The van der Waals surface area contributed by atoms with E-state index in [0.717, 1.165) is 17.9 Å². The number of hydrogen-bond donors (Lipinski definition) is 1. The number of nitriles is 1. The molecule has 1 aromatic rings. The Morgan fingerprint density at radius 2 is 2.41 bits per heavy atom. The minimum Gasteiger partial charge on any atom is -0.376 e. The lowest BCUT2D eigenvalue weighted by atomic mass is 10.1. The fourth-order valence-electron chi connectivity index (χ4n) is 1.75. The van der Waals surface area contributed by atoms with Crippen molar-refractivity contribution in [3.05, 3.63) is 33.9 Å². The van der Waals surface area contributed by atoms with Gasteiger partial charge in [0.1, 0.15) is 5.69 Å². The molecule has 5 nitrogen and oxygen atoms in total. The van der Waals surface area contributed by atoms with Gasteiger partial charge in [-0.2, -0.15) is 17.0 Å². The molecular weight excluding hydrogens is 238 g/mol. The molecule has 0 aliphatic carbocycles. The van der Waals surface area contributed by atoms with Crippen LogP contribution in [0.1, 0.15) is 12.0 Å². The molecule has 0 aromatic heterocycles. The molecule has 1 aromatic carbocycles. The first-order valence-electron chi connectivity index (χ1n) is 5.23. The third-order valence-corrected chi connectivity index (χ3v) is 3.77. The molecule has 88 valence electrons. The van der Waals surface area contributed by atoms with Crippen molar-refractivity contribution in [3.8, 4) is 6.07 Å². The Morgan fingerprint density at radius 3 is 3.00 bits per heavy atom. The minimum atomic E-state index is -0.425. The average molecular weight is 249 g/mol. The number of anilines is 1. The first-order valence-corrected chi connectivity index (χ1v) is 6.39. The van der Waals surface area contributed by atoms with Gasteiger partial charge in [-0.1, -0.05) is 0 Å². The Hall–Kier alpha value is -1.74. The lowest BCUT2D eigenvalue weighted by Gasteiger charge is -2.12. The summed E-state index contributed by atoms with van der Waals surface area (Å²) in [6, 6.07) is 6.63. The number of rotatable bonds is 3. The summed E-state index contributed by atoms with van der Waals surface area (Å²) in [6.07, 6.45) is 0.999. The van der Waals surface area contributed by atoms with Crippen molar-refractivity contribution >= 4 is 23.1 Å². The zero-order valence-electron chi connectivity index (χ0n) is 9.05. The maximum absolute atomic E-state index is 10.9. The van der Waals surface area contributed by atoms with Gasteiger partial charge in [0, 0.05) is 17.9 Å². The van der Waals surface area contributed by atoms with E-state index in [2.05, 4.69) is 5.32 Å². The molecule has 1 unspecified atom stereocenters. The molecule has 1 aliphatic rings. The molecule has 0 spiro atoms. The van der Waals surface area contributed by atoms with Crippen molar-refractivity contribution < 1.29 is 4.92 Å². The predicted octanol–water partition coefficient (Wildman–Crippen LogP) is 2.38. The third kappa shape index (κ3) is 2.68. The molecular formula is C11H11N3O2S. The van der Waals surface area contributed by atoms with E-state index >= 15 is 0 Å². The van der Waals surface area contributed by atoms with Gasteiger partial charge in [0.25, 0.3) is 5.69 Å². The lowest BCUT2D eigenvalue weighted by Crippen LogP contribution is -2.18. The van der Waals surface area contributed by atoms with E-state index in [1.54, 1.807) is 6.07 Å². The lowest BCUT2D eigenvalue weighted by molar-refractivity contribution is -0.384. The molecule has 0 saturated carbocycles. The second kappa shape index (κ2) is 5.06. The van der Waals surface area contributed by atoms with Crippen molar-refractivity contribution in [1.82, 2.24) is 0 Å². The largest absolute Gasteiger partial charge is 0.376 e. The number of benzene rings is 1. The number of nitro benzene ring substituents is 1. The molecule has 1 heterocycles. The van der Waals surface area contributed by atoms with E-state index in [-0.39, 0.29) is 11.7 Å². The zero-order chi connectivity index (χ0) is 12.3. The number of nitrogens with one attached hydrogen (secondary N) is 1. The molecule has 1 saturated heterocycles. The normalized spacial score (nSPS) is 18.6. The first-order chi connectivity index (χ1) is 8.20. The van der Waals surface area contributed by atoms with E-state index in [1.807, 2.05) is 17.8 Å². The van der Waals surface area contributed by atoms with E-state index < -0.39 is 4.92 Å². The van der Waals surface area contributed by atoms with Gasteiger partial charge >= 0.3 is 0 Å². The van der Waals surface area contributed by atoms with Crippen LogP contribution in [-0.2, 0) is 0 Å². The van der Waals surface area contributed by atoms with E-state index in [0.29, 0.717) is 11.3 Å². The standard InChI is InChI=1S/C11H11N3O2S/c12-6-8-1-2-11(14(15)16)10(5-8)13-9-3-4-17-7-9/h1-2,5,9,13H,3-4,7H2. The Labute approximate surface area is 103 Å². The Bertz CT molecular complexity index is 478. The highest BCUT2D eigenvalue weighted by atomic mass is 32.2. The van der Waals surface area contributed by atoms with Crippen LogP contribution in [0, 0.1) is 21.4 Å². The van der Waals surface area contributed by atoms with Crippen molar-refractivity contribution in [2.24, 2.45) is 0 Å². The quantitative estimate of drug-likeness (QED) is 0.657. The van der Waals surface area contributed by atoms with Gasteiger partial charge in [-0.25, -0.2) is 0 Å². The fraction of sp³-hybridized carbons (Fsp3) is 0.364. The number of hydrogen-bond acceptors (Lipinski definition) is 5. The highest BCUT2D eigenvalue weighted by Crippen LogP contribution is 2.29. The summed E-state index contributed by atoms with van der Waals surface area (Å²) in [5.74, 6) is 2.03. The van der Waals surface area contributed by atoms with Crippen LogP contribution in [0.3, 0.4) is 0 Å². The maximum atomic E-state index is 10.9. The molecule has 17 heavy (non-hydrogen) atoms. The summed E-state index contributed by atoms with van der Waals surface area (Å²) in [6.45, 7) is 0. The van der Waals surface area contributed by atoms with E-state index in [9.17, 15) is 10.1 Å². The summed E-state index contributed by atoms with van der Waals surface area (Å²) in [5.41, 5.74) is 0.909. The number of nitro groups is 1. The van der Waals surface area contributed by atoms with Crippen molar-refractivity contribution in [1.29, 1.82) is 5.26 Å². The molecule has 1 fully saturated rings. The monoisotopic (exact) mass is 249 g/mol. The van der Waals surface area contributed by atoms with Gasteiger partial charge in [0.2, 0.25) is 0 Å². The SMILES string of the molecule is N#Cc1ccc([N+](=O)[O-])c(NC2CCSC2)c1. The zero-order valence-corrected chi connectivity index (χ0v) is 9.87. The summed E-state index contributed by atoms with van der Waals surface area (Å²) in [5, 5.41) is 22.8. The van der Waals surface area contributed by atoms with Crippen molar-refractivity contribution in [2.45, 2.75) is 12.5 Å². The average Bonchev–Trinajstić information content (AvgIpc) is 2.81. The van der Waals surface area contributed by atoms with Crippen LogP contribution in [-0.4, -0.2) is 22.5 Å². The minimum absolute atomic E-state index is 0.0286. The summed E-state index contributed by atoms with van der Waals surface area (Å²) < 4.78 is 0. The second-order valence-electron chi connectivity index (χ2n) is 3.81. The molecule has 0 bridgehead atoms. The van der Waals surface area contributed by atoms with Crippen molar-refractivity contribution in [2.75, 3.05) is 16.8 Å². The van der Waals surface area contributed by atoms with Crippen LogP contribution in [0.15, 0.2) is 18.2 Å². The summed E-state index contributed by atoms with van der Waals surface area (Å²) >= 11 is 1.83. The van der Waals surface area contributed by atoms with Gasteiger partial charge in [-0.3, -0.25) is 10.1 Å². The van der Waals surface area contributed by atoms with Crippen LogP contribution in [0.5, 0.6) is 0 Å². The third-order valence-electron chi connectivity index (χ3n) is 2.61. The molecule has 6 heteroatoms. The van der Waals surface area contributed by atoms with Crippen LogP contribution in [0.2, 0.25) is 0 Å². The Balaban J connectivity index is 2.28. The van der Waals surface area contributed by atoms with Gasteiger partial charge in [-0.15, -0.1) is 0 Å². The van der Waals surface area contributed by atoms with Gasteiger partial charge < -0.3 is 5.32 Å². The molecule has 1 N–H and O–H groups in total. The Kier molecular flexibility index (Phi) is 3.49. The van der Waals surface area contributed by atoms with Gasteiger partial charge in [-0.05, 0) is 24.3 Å². The van der Waals surface area contributed by atoms with Gasteiger partial charge in [0.15, 0.2) is 0 Å². The topological polar surface area (TPSA) is 79.0 Å². The molecule has 0 amide bonds. The highest BCUT2D eigenvalue weighted by Gasteiger charge is 2.20. The van der Waals surface area contributed by atoms with Crippen molar-refractivity contribution in [3.63, 3.8) is 0 Å². The second-order valence-corrected chi connectivity index (χ2v) is 4.96.